The Balaban J connectivity index is 0.000000349. The van der Waals surface area contributed by atoms with Crippen LogP contribution in [0.25, 0.3) is 11.0 Å². The number of hydrogen-bond acceptors (Lipinski definition) is 6. The molecule has 0 bridgehead atoms. The predicted octanol–water partition coefficient (Wildman–Crippen LogP) is 3.44. The number of piperidine rings is 1. The van der Waals surface area contributed by atoms with Crippen LogP contribution >= 0.6 is 0 Å². The fourth-order valence-electron chi connectivity index (χ4n) is 4.73. The summed E-state index contributed by atoms with van der Waals surface area (Å²) < 4.78 is 18.7. The molecule has 2 N–H and O–H groups in total. The van der Waals surface area contributed by atoms with Crippen molar-refractivity contribution >= 4 is 28.8 Å². The maximum atomic E-state index is 13.4. The van der Waals surface area contributed by atoms with E-state index < -0.39 is 11.9 Å². The number of hydrogen-bond donors (Lipinski definition) is 2. The van der Waals surface area contributed by atoms with Gasteiger partial charge in [0, 0.05) is 42.6 Å². The second kappa shape index (κ2) is 11.8. The zero-order valence-corrected chi connectivity index (χ0v) is 20.2. The molecule has 2 aromatic carbocycles. The molecule has 3 heterocycles. The molecule has 0 radical (unpaired) electrons. The predicted molar refractivity (Wildman–Crippen MR) is 132 cm³/mol. The Morgan fingerprint density at radius 1 is 1.00 bits per heavy atom. The lowest BCUT2D eigenvalue weighted by Crippen LogP contribution is -2.44. The molecule has 194 valence electrons. The van der Waals surface area contributed by atoms with Crippen molar-refractivity contribution in [1.29, 1.82) is 0 Å². The van der Waals surface area contributed by atoms with Crippen molar-refractivity contribution in [2.24, 2.45) is 0 Å². The summed E-state index contributed by atoms with van der Waals surface area (Å²) in [5.41, 5.74) is 4.04. The topological polar surface area (TPSA) is 124 Å². The molecule has 0 unspecified atom stereocenters. The van der Waals surface area contributed by atoms with Crippen molar-refractivity contribution in [3.05, 3.63) is 77.3 Å². The van der Waals surface area contributed by atoms with Gasteiger partial charge in [-0.2, -0.15) is 0 Å². The van der Waals surface area contributed by atoms with E-state index in [1.807, 2.05) is 11.0 Å². The number of fused-ring (bicyclic) bond motifs is 2. The van der Waals surface area contributed by atoms with E-state index in [9.17, 15) is 18.8 Å². The van der Waals surface area contributed by atoms with Crippen LogP contribution in [0.15, 0.2) is 59.1 Å². The summed E-state index contributed by atoms with van der Waals surface area (Å²) in [5.74, 6) is -2.33. The Kier molecular flexibility index (Phi) is 8.29. The summed E-state index contributed by atoms with van der Waals surface area (Å²) in [5, 5.41) is 20.7. The molecule has 2 aliphatic rings. The van der Waals surface area contributed by atoms with Gasteiger partial charge in [-0.25, -0.2) is 14.0 Å². The normalized spacial score (nSPS) is 16.3. The highest BCUT2D eigenvalue weighted by molar-refractivity contribution is 5.89. The van der Waals surface area contributed by atoms with Crippen molar-refractivity contribution in [3.8, 4) is 0 Å². The molecule has 1 saturated heterocycles. The molecular formula is C27H28FN3O6. The summed E-state index contributed by atoms with van der Waals surface area (Å²) in [6.45, 7) is 3.70. The summed E-state index contributed by atoms with van der Waals surface area (Å²) >= 11 is 0. The van der Waals surface area contributed by atoms with Gasteiger partial charge in [0.1, 0.15) is 5.82 Å². The van der Waals surface area contributed by atoms with Crippen LogP contribution in [-0.2, 0) is 27.3 Å². The van der Waals surface area contributed by atoms with E-state index in [1.54, 1.807) is 6.07 Å². The first-order valence-electron chi connectivity index (χ1n) is 12.1. The number of rotatable bonds is 5. The van der Waals surface area contributed by atoms with E-state index in [-0.39, 0.29) is 17.6 Å². The molecule has 1 fully saturated rings. The standard InChI is InChI=1S/C23H24FN3O2.C4H4O4/c24-19-5-6-20-21(13-19)29-25-23(20)17-7-10-26(11-8-17)15-22(28)27-12-9-16-3-1-2-4-18(16)14-27;5-3(6)1-2-4(7)8/h1-6,13,17H,7-12,14-15H2;1-2H,(H,5,6)(H,7,8). The number of carbonyl (C=O) groups is 3. The number of likely N-dealkylation sites (tertiary alicyclic amines) is 1. The number of carbonyl (C=O) groups excluding carboxylic acids is 1. The molecular weight excluding hydrogens is 481 g/mol. The van der Waals surface area contributed by atoms with Gasteiger partial charge in [0.2, 0.25) is 5.91 Å². The smallest absolute Gasteiger partial charge is 0.328 e. The molecule has 0 aliphatic carbocycles. The van der Waals surface area contributed by atoms with Gasteiger partial charge < -0.3 is 19.6 Å². The summed E-state index contributed by atoms with van der Waals surface area (Å²) in [6.07, 6.45) is 3.90. The maximum Gasteiger partial charge on any atom is 0.328 e. The number of nitrogens with zero attached hydrogens (tertiary/aromatic N) is 3. The number of aliphatic carboxylic acids is 2. The third-order valence-corrected chi connectivity index (χ3v) is 6.65. The molecule has 37 heavy (non-hydrogen) atoms. The zero-order chi connectivity index (χ0) is 26.4. The highest BCUT2D eigenvalue weighted by Gasteiger charge is 2.28. The molecule has 10 heteroatoms. The fraction of sp³-hybridized carbons (Fsp3) is 0.333. The lowest BCUT2D eigenvalue weighted by Gasteiger charge is -2.34. The molecule has 1 aromatic heterocycles. The summed E-state index contributed by atoms with van der Waals surface area (Å²) in [7, 11) is 0. The average Bonchev–Trinajstić information content (AvgIpc) is 3.31. The fourth-order valence-corrected chi connectivity index (χ4v) is 4.73. The van der Waals surface area contributed by atoms with Gasteiger partial charge in [0.05, 0.1) is 12.2 Å². The Bertz CT molecular complexity index is 1300. The van der Waals surface area contributed by atoms with Crippen LogP contribution in [0.2, 0.25) is 0 Å². The van der Waals surface area contributed by atoms with Gasteiger partial charge in [0.25, 0.3) is 0 Å². The van der Waals surface area contributed by atoms with Gasteiger partial charge in [-0.1, -0.05) is 29.4 Å². The second-order valence-electron chi connectivity index (χ2n) is 9.10. The first kappa shape index (κ1) is 26.0. The number of carboxylic acids is 2. The molecule has 9 nitrogen and oxygen atoms in total. The highest BCUT2D eigenvalue weighted by Crippen LogP contribution is 2.32. The van der Waals surface area contributed by atoms with Crippen molar-refractivity contribution in [3.63, 3.8) is 0 Å². The minimum absolute atomic E-state index is 0.209. The summed E-state index contributed by atoms with van der Waals surface area (Å²) in [4.78, 5) is 36.1. The van der Waals surface area contributed by atoms with Crippen molar-refractivity contribution < 1.29 is 33.5 Å². The highest BCUT2D eigenvalue weighted by atomic mass is 19.1. The lowest BCUT2D eigenvalue weighted by atomic mass is 9.91. The van der Waals surface area contributed by atoms with Crippen LogP contribution in [0.4, 0.5) is 4.39 Å². The summed E-state index contributed by atoms with van der Waals surface area (Å²) in [6, 6.07) is 13.0. The monoisotopic (exact) mass is 509 g/mol. The van der Waals surface area contributed by atoms with Gasteiger partial charge in [0.15, 0.2) is 5.58 Å². The number of aromatic nitrogens is 1. The average molecular weight is 510 g/mol. The van der Waals surface area contributed by atoms with E-state index in [0.29, 0.717) is 30.8 Å². The number of carboxylic acid groups (broad SMARTS) is 2. The third kappa shape index (κ3) is 6.79. The maximum absolute atomic E-state index is 13.4. The van der Waals surface area contributed by atoms with Crippen molar-refractivity contribution in [2.75, 3.05) is 26.2 Å². The van der Waals surface area contributed by atoms with Crippen LogP contribution in [0.1, 0.15) is 35.6 Å². The van der Waals surface area contributed by atoms with Crippen molar-refractivity contribution in [2.45, 2.75) is 31.7 Å². The van der Waals surface area contributed by atoms with E-state index in [2.05, 4.69) is 28.3 Å². The second-order valence-corrected chi connectivity index (χ2v) is 9.10. The van der Waals surface area contributed by atoms with Gasteiger partial charge in [-0.15, -0.1) is 0 Å². The van der Waals surface area contributed by atoms with Crippen LogP contribution in [0.3, 0.4) is 0 Å². The van der Waals surface area contributed by atoms with Gasteiger partial charge in [-0.05, 0) is 55.6 Å². The van der Waals surface area contributed by atoms with Crippen LogP contribution in [0, 0.1) is 5.82 Å². The number of amides is 1. The van der Waals surface area contributed by atoms with Gasteiger partial charge >= 0.3 is 11.9 Å². The number of benzene rings is 2. The Morgan fingerprint density at radius 3 is 2.35 bits per heavy atom. The quantitative estimate of drug-likeness (QED) is 0.502. The molecule has 0 saturated carbocycles. The molecule has 2 aliphatic heterocycles. The Hall–Kier alpha value is -4.05. The molecule has 0 atom stereocenters. The zero-order valence-electron chi connectivity index (χ0n) is 20.2. The Labute approximate surface area is 212 Å². The largest absolute Gasteiger partial charge is 0.478 e. The molecule has 1 amide bonds. The van der Waals surface area contributed by atoms with Crippen LogP contribution in [0.5, 0.6) is 0 Å². The Morgan fingerprint density at radius 2 is 1.68 bits per heavy atom. The van der Waals surface area contributed by atoms with E-state index in [4.69, 9.17) is 14.7 Å². The molecule has 0 spiro atoms. The van der Waals surface area contributed by atoms with Gasteiger partial charge in [-0.3, -0.25) is 9.69 Å². The van der Waals surface area contributed by atoms with Crippen LogP contribution in [-0.4, -0.2) is 69.2 Å². The first-order valence-corrected chi connectivity index (χ1v) is 12.1. The SMILES string of the molecule is O=C(CN1CCC(c2noc3cc(F)ccc23)CC1)N1CCc2ccccc2C1.O=C(O)C=CC(=O)O. The van der Waals surface area contributed by atoms with E-state index in [1.165, 1.54) is 23.3 Å². The minimum Gasteiger partial charge on any atom is -0.478 e. The molecule has 5 rings (SSSR count). The minimum atomic E-state index is -1.26. The van der Waals surface area contributed by atoms with Crippen LogP contribution < -0.4 is 0 Å². The van der Waals surface area contributed by atoms with Crippen molar-refractivity contribution in [1.82, 2.24) is 15.0 Å². The number of halogens is 1. The first-order chi connectivity index (χ1) is 17.8. The third-order valence-electron chi connectivity index (χ3n) is 6.65. The van der Waals surface area contributed by atoms with E-state index in [0.717, 1.165) is 50.0 Å². The lowest BCUT2D eigenvalue weighted by molar-refractivity contribution is -0.134. The molecule has 3 aromatic rings. The van der Waals surface area contributed by atoms with E-state index >= 15 is 0 Å².